The number of imidazole rings is 1. The van der Waals surface area contributed by atoms with Crippen LogP contribution in [0.2, 0.25) is 0 Å². The highest BCUT2D eigenvalue weighted by atomic mass is 16.5. The van der Waals surface area contributed by atoms with E-state index in [9.17, 15) is 4.79 Å². The number of carbonyl (C=O) groups is 1. The van der Waals surface area contributed by atoms with E-state index in [0.29, 0.717) is 6.61 Å². The Morgan fingerprint density at radius 1 is 1.10 bits per heavy atom. The third kappa shape index (κ3) is 4.24. The third-order valence-electron chi connectivity index (χ3n) is 8.07. The molecule has 5 heterocycles. The number of aryl methyl sites for hydroxylation is 2. The van der Waals surface area contributed by atoms with Crippen molar-refractivity contribution in [1.82, 2.24) is 24.6 Å². The van der Waals surface area contributed by atoms with Crippen LogP contribution in [0.5, 0.6) is 5.75 Å². The third-order valence-corrected chi connectivity index (χ3v) is 8.07. The van der Waals surface area contributed by atoms with Crippen molar-refractivity contribution >= 4 is 22.9 Å². The summed E-state index contributed by atoms with van der Waals surface area (Å²) >= 11 is 0. The zero-order chi connectivity index (χ0) is 27.5. The molecule has 0 unspecified atom stereocenters. The number of anilines is 1. The molecule has 3 aromatic heterocycles. The molecular formula is C30H36N6O3. The first-order chi connectivity index (χ1) is 18.6. The van der Waals surface area contributed by atoms with Gasteiger partial charge < -0.3 is 19.1 Å². The summed E-state index contributed by atoms with van der Waals surface area (Å²) in [6.45, 7) is 11.9. The number of rotatable bonds is 4. The molecule has 2 aliphatic rings. The Labute approximate surface area is 228 Å². The van der Waals surface area contributed by atoms with Gasteiger partial charge in [0, 0.05) is 43.4 Å². The average Bonchev–Trinajstić information content (AvgIpc) is 3.49. The molecule has 0 aliphatic carbocycles. The molecular weight excluding hydrogens is 492 g/mol. The number of amides is 1. The monoisotopic (exact) mass is 528 g/mol. The highest BCUT2D eigenvalue weighted by Gasteiger charge is 2.36. The Morgan fingerprint density at radius 3 is 2.51 bits per heavy atom. The van der Waals surface area contributed by atoms with Crippen LogP contribution >= 0.6 is 0 Å². The van der Waals surface area contributed by atoms with Crippen molar-refractivity contribution in [2.45, 2.75) is 59.5 Å². The predicted molar refractivity (Wildman–Crippen MR) is 150 cm³/mol. The van der Waals surface area contributed by atoms with Gasteiger partial charge in [-0.1, -0.05) is 32.0 Å². The van der Waals surface area contributed by atoms with E-state index in [1.807, 2.05) is 71.0 Å². The van der Waals surface area contributed by atoms with Crippen molar-refractivity contribution < 1.29 is 14.1 Å². The molecule has 2 aliphatic heterocycles. The molecule has 9 nitrogen and oxygen atoms in total. The largest absolute Gasteiger partial charge is 0.488 e. The first kappa shape index (κ1) is 25.4. The summed E-state index contributed by atoms with van der Waals surface area (Å²) in [4.78, 5) is 27.1. The zero-order valence-electron chi connectivity index (χ0n) is 23.6. The second-order valence-corrected chi connectivity index (χ2v) is 11.8. The van der Waals surface area contributed by atoms with E-state index < -0.39 is 0 Å². The standard InChI is InChI=1S/C30H36N6O3/c1-18-25(19(2)39-33-18)21-10-11-23-26-27(21)38-17-24(22-9-7-8-14-31-22)36(26)29(32-23)35-15-12-20(13-16-35)34(6)28(37)30(3,4)5/h7-11,14,20,24H,12-13,15-17H2,1-6H3/t24-/m1/s1. The van der Waals surface area contributed by atoms with Crippen LogP contribution < -0.4 is 9.64 Å². The fraction of sp³-hybridized carbons (Fsp3) is 0.467. The van der Waals surface area contributed by atoms with E-state index in [2.05, 4.69) is 26.8 Å². The van der Waals surface area contributed by atoms with Crippen LogP contribution in [0.1, 0.15) is 56.8 Å². The van der Waals surface area contributed by atoms with Gasteiger partial charge in [-0.2, -0.15) is 0 Å². The molecule has 1 saturated heterocycles. The van der Waals surface area contributed by atoms with Crippen molar-refractivity contribution in [2.75, 3.05) is 31.6 Å². The van der Waals surface area contributed by atoms with Crippen LogP contribution in [0.15, 0.2) is 41.1 Å². The van der Waals surface area contributed by atoms with Gasteiger partial charge in [-0.25, -0.2) is 4.98 Å². The fourth-order valence-corrected chi connectivity index (χ4v) is 6.05. The number of nitrogens with zero attached hydrogens (tertiary/aromatic N) is 6. The lowest BCUT2D eigenvalue weighted by Crippen LogP contribution is -2.49. The SMILES string of the molecule is Cc1noc(C)c1-c1ccc2nc(N3CCC(N(C)C(=O)C(C)(C)C)CC3)n3c2c1OC[C@@H]3c1ccccn1. The first-order valence-corrected chi connectivity index (χ1v) is 13.7. The lowest BCUT2D eigenvalue weighted by molar-refractivity contribution is -0.140. The summed E-state index contributed by atoms with van der Waals surface area (Å²) in [5.74, 6) is 2.68. The Bertz CT molecular complexity index is 1510. The Hall–Kier alpha value is -3.88. The Kier molecular flexibility index (Phi) is 6.12. The van der Waals surface area contributed by atoms with Crippen LogP contribution in [0.3, 0.4) is 0 Å². The number of benzene rings is 1. The fourth-order valence-electron chi connectivity index (χ4n) is 6.05. The minimum absolute atomic E-state index is 0.110. The summed E-state index contributed by atoms with van der Waals surface area (Å²) < 4.78 is 14.3. The average molecular weight is 529 g/mol. The van der Waals surface area contributed by atoms with Gasteiger partial charge in [-0.3, -0.25) is 14.3 Å². The molecule has 0 spiro atoms. The van der Waals surface area contributed by atoms with E-state index >= 15 is 0 Å². The van der Waals surface area contributed by atoms with E-state index in [4.69, 9.17) is 19.2 Å². The molecule has 1 amide bonds. The molecule has 1 aromatic carbocycles. The smallest absolute Gasteiger partial charge is 0.227 e. The van der Waals surface area contributed by atoms with E-state index in [1.165, 1.54) is 0 Å². The van der Waals surface area contributed by atoms with Gasteiger partial charge >= 0.3 is 0 Å². The molecule has 1 atom stereocenters. The van der Waals surface area contributed by atoms with Gasteiger partial charge in [0.05, 0.1) is 22.5 Å². The number of hydrogen-bond donors (Lipinski definition) is 0. The normalized spacial score (nSPS) is 17.9. The van der Waals surface area contributed by atoms with Crippen LogP contribution in [0, 0.1) is 19.3 Å². The maximum Gasteiger partial charge on any atom is 0.227 e. The lowest BCUT2D eigenvalue weighted by Gasteiger charge is -2.40. The maximum atomic E-state index is 12.9. The minimum Gasteiger partial charge on any atom is -0.488 e. The second-order valence-electron chi connectivity index (χ2n) is 11.8. The zero-order valence-corrected chi connectivity index (χ0v) is 23.6. The molecule has 0 bridgehead atoms. The van der Waals surface area contributed by atoms with E-state index in [0.717, 1.165) is 76.9 Å². The van der Waals surface area contributed by atoms with Crippen LogP contribution in [-0.2, 0) is 4.79 Å². The molecule has 6 rings (SSSR count). The molecule has 39 heavy (non-hydrogen) atoms. The van der Waals surface area contributed by atoms with Gasteiger partial charge in [-0.15, -0.1) is 0 Å². The number of pyridine rings is 1. The number of carbonyl (C=O) groups excluding carboxylic acids is 1. The van der Waals surface area contributed by atoms with Gasteiger partial charge in [-0.05, 0) is 51.0 Å². The van der Waals surface area contributed by atoms with Gasteiger partial charge in [0.1, 0.15) is 23.9 Å². The Morgan fingerprint density at radius 2 is 1.87 bits per heavy atom. The summed E-state index contributed by atoms with van der Waals surface area (Å²) in [6.07, 6.45) is 3.61. The lowest BCUT2D eigenvalue weighted by atomic mass is 9.93. The van der Waals surface area contributed by atoms with Crippen LogP contribution in [0.4, 0.5) is 5.95 Å². The molecule has 0 radical (unpaired) electrons. The van der Waals surface area contributed by atoms with Crippen molar-refractivity contribution in [3.05, 3.63) is 53.7 Å². The maximum absolute atomic E-state index is 12.9. The molecule has 0 saturated carbocycles. The highest BCUT2D eigenvalue weighted by Crippen LogP contribution is 2.46. The van der Waals surface area contributed by atoms with Gasteiger partial charge in [0.15, 0.2) is 5.75 Å². The topological polar surface area (TPSA) is 89.5 Å². The predicted octanol–water partition coefficient (Wildman–Crippen LogP) is 5.16. The van der Waals surface area contributed by atoms with Crippen LogP contribution in [-0.4, -0.2) is 63.3 Å². The minimum atomic E-state index is -0.387. The van der Waals surface area contributed by atoms with E-state index in [-0.39, 0.29) is 23.4 Å². The quantitative estimate of drug-likeness (QED) is 0.362. The number of aromatic nitrogens is 4. The summed E-state index contributed by atoms with van der Waals surface area (Å²) in [5.41, 5.74) is 5.17. The number of ether oxygens (including phenoxy) is 1. The van der Waals surface area contributed by atoms with Crippen molar-refractivity contribution in [1.29, 1.82) is 0 Å². The molecule has 9 heteroatoms. The first-order valence-electron chi connectivity index (χ1n) is 13.7. The van der Waals surface area contributed by atoms with Crippen molar-refractivity contribution in [3.63, 3.8) is 0 Å². The second kappa shape index (κ2) is 9.39. The molecule has 1 fully saturated rings. The van der Waals surface area contributed by atoms with Gasteiger partial charge in [0.25, 0.3) is 0 Å². The number of hydrogen-bond acceptors (Lipinski definition) is 7. The molecule has 4 aromatic rings. The highest BCUT2D eigenvalue weighted by molar-refractivity contribution is 5.94. The van der Waals surface area contributed by atoms with Gasteiger partial charge in [0.2, 0.25) is 11.9 Å². The van der Waals surface area contributed by atoms with Crippen LogP contribution in [0.25, 0.3) is 22.2 Å². The Balaban J connectivity index is 1.42. The summed E-state index contributed by atoms with van der Waals surface area (Å²) in [6, 6.07) is 10.2. The summed E-state index contributed by atoms with van der Waals surface area (Å²) in [7, 11) is 1.94. The molecule has 204 valence electrons. The molecule has 0 N–H and O–H groups in total. The van der Waals surface area contributed by atoms with E-state index in [1.54, 1.807) is 0 Å². The van der Waals surface area contributed by atoms with Crippen molar-refractivity contribution in [3.8, 4) is 16.9 Å². The number of piperidine rings is 1. The summed E-state index contributed by atoms with van der Waals surface area (Å²) in [5, 5.41) is 4.18. The van der Waals surface area contributed by atoms with Crippen molar-refractivity contribution in [2.24, 2.45) is 5.41 Å².